The first kappa shape index (κ1) is 14.4. The third-order valence-electron chi connectivity index (χ3n) is 3.37. The SMILES string of the molecule is CCCNC(CCCC(C)C)C1CCCS1. The quantitative estimate of drug-likeness (QED) is 0.689. The summed E-state index contributed by atoms with van der Waals surface area (Å²) in [7, 11) is 0. The third kappa shape index (κ3) is 5.58. The van der Waals surface area contributed by atoms with Crippen molar-refractivity contribution in [1.82, 2.24) is 5.32 Å². The molecule has 1 N–H and O–H groups in total. The molecule has 0 spiro atoms. The van der Waals surface area contributed by atoms with E-state index in [0.29, 0.717) is 0 Å². The van der Waals surface area contributed by atoms with E-state index in [0.717, 1.165) is 17.2 Å². The molecule has 1 aliphatic rings. The molecule has 0 aliphatic carbocycles. The summed E-state index contributed by atoms with van der Waals surface area (Å²) in [5.41, 5.74) is 0. The van der Waals surface area contributed by atoms with E-state index in [9.17, 15) is 0 Å². The van der Waals surface area contributed by atoms with E-state index in [1.807, 2.05) is 0 Å². The number of hydrogen-bond acceptors (Lipinski definition) is 2. The van der Waals surface area contributed by atoms with Gasteiger partial charge in [-0.05, 0) is 43.9 Å². The molecule has 0 amide bonds. The van der Waals surface area contributed by atoms with Crippen molar-refractivity contribution in [3.05, 3.63) is 0 Å². The Bertz CT molecular complexity index is 164. The standard InChI is InChI=1S/C14H29NS/c1-4-10-15-13(8-5-7-12(2)3)14-9-6-11-16-14/h12-15H,4-11H2,1-3H3. The van der Waals surface area contributed by atoms with Gasteiger partial charge in [0.1, 0.15) is 0 Å². The van der Waals surface area contributed by atoms with E-state index in [-0.39, 0.29) is 0 Å². The molecule has 0 aromatic heterocycles. The van der Waals surface area contributed by atoms with E-state index in [4.69, 9.17) is 0 Å². The molecule has 16 heavy (non-hydrogen) atoms. The van der Waals surface area contributed by atoms with Crippen LogP contribution in [-0.2, 0) is 0 Å². The summed E-state index contributed by atoms with van der Waals surface area (Å²) < 4.78 is 0. The maximum absolute atomic E-state index is 3.76. The van der Waals surface area contributed by atoms with Crippen LogP contribution in [0.3, 0.4) is 0 Å². The summed E-state index contributed by atoms with van der Waals surface area (Å²) in [6, 6.07) is 0.784. The third-order valence-corrected chi connectivity index (χ3v) is 4.88. The zero-order valence-electron chi connectivity index (χ0n) is 11.3. The van der Waals surface area contributed by atoms with Crippen LogP contribution in [0.5, 0.6) is 0 Å². The number of rotatable bonds is 8. The van der Waals surface area contributed by atoms with E-state index >= 15 is 0 Å². The van der Waals surface area contributed by atoms with Crippen LogP contribution < -0.4 is 5.32 Å². The van der Waals surface area contributed by atoms with Crippen LogP contribution in [0.4, 0.5) is 0 Å². The van der Waals surface area contributed by atoms with Gasteiger partial charge in [-0.3, -0.25) is 0 Å². The summed E-state index contributed by atoms with van der Waals surface area (Å²) in [5, 5.41) is 4.67. The fourth-order valence-corrected chi connectivity index (χ4v) is 3.85. The van der Waals surface area contributed by atoms with Gasteiger partial charge < -0.3 is 5.32 Å². The van der Waals surface area contributed by atoms with Crippen LogP contribution >= 0.6 is 11.8 Å². The average molecular weight is 243 g/mol. The highest BCUT2D eigenvalue weighted by molar-refractivity contribution is 8.00. The molecule has 1 rings (SSSR count). The molecule has 2 atom stereocenters. The van der Waals surface area contributed by atoms with Crippen LogP contribution in [0, 0.1) is 5.92 Å². The predicted molar refractivity (Wildman–Crippen MR) is 76.3 cm³/mol. The minimum atomic E-state index is 0.784. The highest BCUT2D eigenvalue weighted by Crippen LogP contribution is 2.30. The molecule has 1 fully saturated rings. The summed E-state index contributed by atoms with van der Waals surface area (Å²) >= 11 is 2.20. The fraction of sp³-hybridized carbons (Fsp3) is 1.00. The lowest BCUT2D eigenvalue weighted by Gasteiger charge is -2.24. The second-order valence-corrected chi connectivity index (χ2v) is 6.78. The van der Waals surface area contributed by atoms with Crippen molar-refractivity contribution in [2.75, 3.05) is 12.3 Å². The predicted octanol–water partition coefficient (Wildman–Crippen LogP) is 4.08. The largest absolute Gasteiger partial charge is 0.313 e. The second-order valence-electron chi connectivity index (χ2n) is 5.44. The number of nitrogens with one attached hydrogen (secondary N) is 1. The summed E-state index contributed by atoms with van der Waals surface area (Å²) in [4.78, 5) is 0. The first-order chi connectivity index (χ1) is 7.74. The first-order valence-electron chi connectivity index (χ1n) is 7.09. The minimum Gasteiger partial charge on any atom is -0.313 e. The summed E-state index contributed by atoms with van der Waals surface area (Å²) in [6.45, 7) is 8.13. The van der Waals surface area contributed by atoms with Crippen LogP contribution in [0.2, 0.25) is 0 Å². The maximum atomic E-state index is 3.76. The molecule has 0 radical (unpaired) electrons. The van der Waals surface area contributed by atoms with E-state index in [1.165, 1.54) is 50.8 Å². The van der Waals surface area contributed by atoms with Gasteiger partial charge in [0.05, 0.1) is 0 Å². The molecule has 0 aromatic carbocycles. The van der Waals surface area contributed by atoms with Crippen LogP contribution in [0.1, 0.15) is 59.3 Å². The number of thioether (sulfide) groups is 1. The Morgan fingerprint density at radius 2 is 2.12 bits per heavy atom. The molecule has 2 heteroatoms. The Labute approximate surface area is 106 Å². The van der Waals surface area contributed by atoms with Gasteiger partial charge in [-0.1, -0.05) is 33.6 Å². The summed E-state index contributed by atoms with van der Waals surface area (Å²) in [5.74, 6) is 2.25. The Morgan fingerprint density at radius 3 is 2.69 bits per heavy atom. The Kier molecular flexibility index (Phi) is 7.55. The van der Waals surface area contributed by atoms with Crippen molar-refractivity contribution in [1.29, 1.82) is 0 Å². The van der Waals surface area contributed by atoms with E-state index in [2.05, 4.69) is 37.8 Å². The molecule has 96 valence electrons. The number of hydrogen-bond donors (Lipinski definition) is 1. The van der Waals surface area contributed by atoms with E-state index in [1.54, 1.807) is 0 Å². The van der Waals surface area contributed by atoms with Gasteiger partial charge in [0.2, 0.25) is 0 Å². The second kappa shape index (κ2) is 8.41. The molecule has 0 aromatic rings. The molecule has 1 aliphatic heterocycles. The highest BCUT2D eigenvalue weighted by Gasteiger charge is 2.24. The van der Waals surface area contributed by atoms with Crippen LogP contribution in [0.15, 0.2) is 0 Å². The Morgan fingerprint density at radius 1 is 1.31 bits per heavy atom. The van der Waals surface area contributed by atoms with Gasteiger partial charge in [-0.2, -0.15) is 11.8 Å². The van der Waals surface area contributed by atoms with Crippen molar-refractivity contribution < 1.29 is 0 Å². The van der Waals surface area contributed by atoms with Gasteiger partial charge >= 0.3 is 0 Å². The van der Waals surface area contributed by atoms with Crippen molar-refractivity contribution in [3.8, 4) is 0 Å². The average Bonchev–Trinajstić information content (AvgIpc) is 2.75. The van der Waals surface area contributed by atoms with E-state index < -0.39 is 0 Å². The minimum absolute atomic E-state index is 0.784. The molecule has 0 saturated carbocycles. The molecular weight excluding hydrogens is 214 g/mol. The smallest absolute Gasteiger partial charge is 0.0201 e. The fourth-order valence-electron chi connectivity index (χ4n) is 2.42. The lowest BCUT2D eigenvalue weighted by atomic mass is 9.99. The van der Waals surface area contributed by atoms with Crippen molar-refractivity contribution >= 4 is 11.8 Å². The summed E-state index contributed by atoms with van der Waals surface area (Å²) in [6.07, 6.45) is 8.31. The topological polar surface area (TPSA) is 12.0 Å². The molecular formula is C14H29NS. The Hall–Kier alpha value is 0.310. The zero-order valence-corrected chi connectivity index (χ0v) is 12.1. The van der Waals surface area contributed by atoms with Gasteiger partial charge in [0, 0.05) is 11.3 Å². The molecule has 1 nitrogen and oxygen atoms in total. The van der Waals surface area contributed by atoms with Crippen LogP contribution in [0.25, 0.3) is 0 Å². The van der Waals surface area contributed by atoms with Crippen molar-refractivity contribution in [2.24, 2.45) is 5.92 Å². The van der Waals surface area contributed by atoms with Crippen molar-refractivity contribution in [3.63, 3.8) is 0 Å². The first-order valence-corrected chi connectivity index (χ1v) is 8.14. The molecule has 2 unspecified atom stereocenters. The lowest BCUT2D eigenvalue weighted by molar-refractivity contribution is 0.422. The molecule has 1 heterocycles. The highest BCUT2D eigenvalue weighted by atomic mass is 32.2. The van der Waals surface area contributed by atoms with Gasteiger partial charge in [0.15, 0.2) is 0 Å². The Balaban J connectivity index is 2.25. The zero-order chi connectivity index (χ0) is 11.8. The lowest BCUT2D eigenvalue weighted by Crippen LogP contribution is -2.37. The molecule has 1 saturated heterocycles. The normalized spacial score (nSPS) is 22.9. The van der Waals surface area contributed by atoms with Gasteiger partial charge in [0.25, 0.3) is 0 Å². The molecule has 0 bridgehead atoms. The monoisotopic (exact) mass is 243 g/mol. The maximum Gasteiger partial charge on any atom is 0.0201 e. The van der Waals surface area contributed by atoms with Crippen LogP contribution in [-0.4, -0.2) is 23.6 Å². The van der Waals surface area contributed by atoms with Gasteiger partial charge in [-0.25, -0.2) is 0 Å². The van der Waals surface area contributed by atoms with Crippen molar-refractivity contribution in [2.45, 2.75) is 70.6 Å². The van der Waals surface area contributed by atoms with Gasteiger partial charge in [-0.15, -0.1) is 0 Å².